The summed E-state index contributed by atoms with van der Waals surface area (Å²) in [6, 6.07) is 4.39. The maximum absolute atomic E-state index is 4.42. The SMILES string of the molecule is Cc1ccc(C(C)C)c2ncsc12. The van der Waals surface area contributed by atoms with E-state index in [0.717, 1.165) is 0 Å². The highest BCUT2D eigenvalue weighted by molar-refractivity contribution is 7.17. The van der Waals surface area contributed by atoms with Crippen LogP contribution in [0.15, 0.2) is 17.6 Å². The lowest BCUT2D eigenvalue weighted by atomic mass is 10.0. The van der Waals surface area contributed by atoms with Gasteiger partial charge in [0.15, 0.2) is 0 Å². The van der Waals surface area contributed by atoms with Gasteiger partial charge in [-0.15, -0.1) is 11.3 Å². The number of nitrogens with zero attached hydrogens (tertiary/aromatic N) is 1. The largest absolute Gasteiger partial charge is 0.244 e. The van der Waals surface area contributed by atoms with E-state index in [1.165, 1.54) is 21.3 Å². The number of rotatable bonds is 1. The van der Waals surface area contributed by atoms with Crippen LogP contribution in [0.2, 0.25) is 0 Å². The van der Waals surface area contributed by atoms with Crippen molar-refractivity contribution in [2.45, 2.75) is 26.7 Å². The fourth-order valence-electron chi connectivity index (χ4n) is 1.57. The maximum atomic E-state index is 4.42. The molecule has 2 rings (SSSR count). The van der Waals surface area contributed by atoms with Crippen LogP contribution in [0.3, 0.4) is 0 Å². The summed E-state index contributed by atoms with van der Waals surface area (Å²) in [5, 5.41) is 0. The Balaban J connectivity index is 2.78. The second-order valence-electron chi connectivity index (χ2n) is 3.66. The molecule has 0 fully saturated rings. The van der Waals surface area contributed by atoms with Gasteiger partial charge < -0.3 is 0 Å². The second kappa shape index (κ2) is 3.11. The Hall–Kier alpha value is -0.890. The van der Waals surface area contributed by atoms with Crippen LogP contribution in [0.4, 0.5) is 0 Å². The first-order valence-corrected chi connectivity index (χ1v) is 5.41. The van der Waals surface area contributed by atoms with Crippen molar-refractivity contribution < 1.29 is 0 Å². The molecule has 0 N–H and O–H groups in total. The molecule has 0 aliphatic heterocycles. The molecule has 1 aromatic heterocycles. The van der Waals surface area contributed by atoms with E-state index in [1.807, 2.05) is 5.51 Å². The Morgan fingerprint density at radius 3 is 2.77 bits per heavy atom. The maximum Gasteiger partial charge on any atom is 0.0849 e. The van der Waals surface area contributed by atoms with Gasteiger partial charge in [0.25, 0.3) is 0 Å². The molecule has 0 radical (unpaired) electrons. The van der Waals surface area contributed by atoms with Crippen LogP contribution in [0.5, 0.6) is 0 Å². The van der Waals surface area contributed by atoms with Crippen molar-refractivity contribution in [1.82, 2.24) is 4.98 Å². The van der Waals surface area contributed by atoms with Gasteiger partial charge in [-0.1, -0.05) is 26.0 Å². The summed E-state index contributed by atoms with van der Waals surface area (Å²) in [5.74, 6) is 0.560. The van der Waals surface area contributed by atoms with Crippen molar-refractivity contribution in [1.29, 1.82) is 0 Å². The second-order valence-corrected chi connectivity index (χ2v) is 4.51. The van der Waals surface area contributed by atoms with Gasteiger partial charge >= 0.3 is 0 Å². The molecule has 68 valence electrons. The molecule has 0 atom stereocenters. The highest BCUT2D eigenvalue weighted by Gasteiger charge is 2.08. The third kappa shape index (κ3) is 1.35. The van der Waals surface area contributed by atoms with Crippen LogP contribution in [-0.4, -0.2) is 4.98 Å². The standard InChI is InChI=1S/C11H13NS/c1-7(2)9-5-4-8(3)11-10(9)12-6-13-11/h4-7H,1-3H3. The molecule has 0 spiro atoms. The van der Waals surface area contributed by atoms with E-state index in [9.17, 15) is 0 Å². The van der Waals surface area contributed by atoms with Gasteiger partial charge in [0.2, 0.25) is 0 Å². The predicted octanol–water partition coefficient (Wildman–Crippen LogP) is 3.73. The first kappa shape index (κ1) is 8.70. The van der Waals surface area contributed by atoms with Crippen LogP contribution >= 0.6 is 11.3 Å². The third-order valence-corrected chi connectivity index (χ3v) is 3.30. The average Bonchev–Trinajstić information content (AvgIpc) is 2.53. The summed E-state index contributed by atoms with van der Waals surface area (Å²) >= 11 is 1.73. The van der Waals surface area contributed by atoms with Crippen molar-refractivity contribution in [3.8, 4) is 0 Å². The van der Waals surface area contributed by atoms with Gasteiger partial charge in [-0.3, -0.25) is 0 Å². The highest BCUT2D eigenvalue weighted by atomic mass is 32.1. The molecule has 2 aromatic rings. The predicted molar refractivity (Wildman–Crippen MR) is 58.4 cm³/mol. The minimum absolute atomic E-state index is 0.560. The van der Waals surface area contributed by atoms with E-state index in [-0.39, 0.29) is 0 Å². The molecule has 0 bridgehead atoms. The molecule has 0 unspecified atom stereocenters. The monoisotopic (exact) mass is 191 g/mol. The molecule has 13 heavy (non-hydrogen) atoms. The van der Waals surface area contributed by atoms with Crippen molar-refractivity contribution in [2.75, 3.05) is 0 Å². The van der Waals surface area contributed by atoms with Crippen molar-refractivity contribution in [3.05, 3.63) is 28.8 Å². The Bertz CT molecular complexity index is 429. The number of aryl methyl sites for hydroxylation is 1. The smallest absolute Gasteiger partial charge is 0.0849 e. The summed E-state index contributed by atoms with van der Waals surface area (Å²) in [4.78, 5) is 4.42. The van der Waals surface area contributed by atoms with Crippen LogP contribution < -0.4 is 0 Å². The van der Waals surface area contributed by atoms with E-state index < -0.39 is 0 Å². The van der Waals surface area contributed by atoms with Gasteiger partial charge in [0.1, 0.15) is 0 Å². The van der Waals surface area contributed by atoms with Gasteiger partial charge in [-0.25, -0.2) is 4.98 Å². The van der Waals surface area contributed by atoms with Gasteiger partial charge in [0.05, 0.1) is 15.7 Å². The molecule has 0 saturated heterocycles. The zero-order valence-corrected chi connectivity index (χ0v) is 8.98. The highest BCUT2D eigenvalue weighted by Crippen LogP contribution is 2.29. The van der Waals surface area contributed by atoms with E-state index in [2.05, 4.69) is 37.9 Å². The number of fused-ring (bicyclic) bond motifs is 1. The molecule has 0 aliphatic rings. The first-order valence-electron chi connectivity index (χ1n) is 4.53. The average molecular weight is 191 g/mol. The zero-order chi connectivity index (χ0) is 9.42. The molecule has 2 heteroatoms. The molecular weight excluding hydrogens is 178 g/mol. The minimum atomic E-state index is 0.560. The molecule has 0 aliphatic carbocycles. The van der Waals surface area contributed by atoms with Crippen LogP contribution in [0.1, 0.15) is 30.9 Å². The fourth-order valence-corrected chi connectivity index (χ4v) is 2.37. The first-order chi connectivity index (χ1) is 6.20. The van der Waals surface area contributed by atoms with Gasteiger partial charge in [-0.2, -0.15) is 0 Å². The van der Waals surface area contributed by atoms with Crippen LogP contribution in [0.25, 0.3) is 10.2 Å². The van der Waals surface area contributed by atoms with Crippen LogP contribution in [-0.2, 0) is 0 Å². The fraction of sp³-hybridized carbons (Fsp3) is 0.364. The molecule has 1 aromatic carbocycles. The van der Waals surface area contributed by atoms with Crippen molar-refractivity contribution in [3.63, 3.8) is 0 Å². The lowest BCUT2D eigenvalue weighted by molar-refractivity contribution is 0.873. The topological polar surface area (TPSA) is 12.9 Å². The molecular formula is C11H13NS. The van der Waals surface area contributed by atoms with E-state index in [0.29, 0.717) is 5.92 Å². The molecule has 1 nitrogen and oxygen atoms in total. The summed E-state index contributed by atoms with van der Waals surface area (Å²) in [7, 11) is 0. The Morgan fingerprint density at radius 2 is 2.08 bits per heavy atom. The molecule has 0 amide bonds. The molecule has 0 saturated carbocycles. The summed E-state index contributed by atoms with van der Waals surface area (Å²) in [5.41, 5.74) is 5.83. The minimum Gasteiger partial charge on any atom is -0.244 e. The van der Waals surface area contributed by atoms with Crippen molar-refractivity contribution in [2.24, 2.45) is 0 Å². The number of thiazole rings is 1. The van der Waals surface area contributed by atoms with E-state index in [4.69, 9.17) is 0 Å². The Morgan fingerprint density at radius 1 is 1.31 bits per heavy atom. The van der Waals surface area contributed by atoms with Gasteiger partial charge in [0, 0.05) is 0 Å². The number of benzene rings is 1. The van der Waals surface area contributed by atoms with Crippen LogP contribution in [0, 0.1) is 6.92 Å². The number of aromatic nitrogens is 1. The lowest BCUT2D eigenvalue weighted by Crippen LogP contribution is -1.89. The summed E-state index contributed by atoms with van der Waals surface area (Å²) in [6.07, 6.45) is 0. The normalized spacial score (nSPS) is 11.4. The summed E-state index contributed by atoms with van der Waals surface area (Å²) < 4.78 is 1.34. The molecule has 1 heterocycles. The number of hydrogen-bond donors (Lipinski definition) is 0. The Labute approximate surface area is 82.4 Å². The van der Waals surface area contributed by atoms with E-state index >= 15 is 0 Å². The lowest BCUT2D eigenvalue weighted by Gasteiger charge is -2.06. The number of hydrogen-bond acceptors (Lipinski definition) is 2. The Kier molecular flexibility index (Phi) is 2.08. The van der Waals surface area contributed by atoms with E-state index in [1.54, 1.807) is 11.3 Å². The summed E-state index contributed by atoms with van der Waals surface area (Å²) in [6.45, 7) is 6.57. The quantitative estimate of drug-likeness (QED) is 0.669. The van der Waals surface area contributed by atoms with Crippen molar-refractivity contribution >= 4 is 21.6 Å². The third-order valence-electron chi connectivity index (χ3n) is 2.33. The zero-order valence-electron chi connectivity index (χ0n) is 8.16. The van der Waals surface area contributed by atoms with Gasteiger partial charge in [-0.05, 0) is 24.0 Å².